The quantitative estimate of drug-likeness (QED) is 0.702. The van der Waals surface area contributed by atoms with Gasteiger partial charge in [0.25, 0.3) is 0 Å². The molecule has 0 aliphatic heterocycles. The summed E-state index contributed by atoms with van der Waals surface area (Å²) in [4.78, 5) is 0. The lowest BCUT2D eigenvalue weighted by Gasteiger charge is -2.20. The van der Waals surface area contributed by atoms with Crippen molar-refractivity contribution in [3.63, 3.8) is 0 Å². The van der Waals surface area contributed by atoms with Gasteiger partial charge in [0.05, 0.1) is 0 Å². The molecule has 2 aromatic rings. The Kier molecular flexibility index (Phi) is 3.40. The van der Waals surface area contributed by atoms with E-state index in [4.69, 9.17) is 0 Å². The SMILES string of the molecule is [CH2]C(c1ccccc1)C(C)c1ccccc1. The number of hydrogen-bond donors (Lipinski definition) is 0. The predicted molar refractivity (Wildman–Crippen MR) is 69.4 cm³/mol. The van der Waals surface area contributed by atoms with E-state index in [1.54, 1.807) is 0 Å². The first kappa shape index (κ1) is 10.9. The molecule has 0 aliphatic carbocycles. The van der Waals surface area contributed by atoms with Crippen molar-refractivity contribution in [2.45, 2.75) is 18.8 Å². The van der Waals surface area contributed by atoms with Crippen LogP contribution in [0.25, 0.3) is 0 Å². The first-order valence-electron chi connectivity index (χ1n) is 5.72. The van der Waals surface area contributed by atoms with Gasteiger partial charge in [-0.05, 0) is 29.9 Å². The van der Waals surface area contributed by atoms with Crippen molar-refractivity contribution >= 4 is 0 Å². The summed E-state index contributed by atoms with van der Waals surface area (Å²) in [6, 6.07) is 21.1. The summed E-state index contributed by atoms with van der Waals surface area (Å²) in [6.45, 7) is 6.52. The zero-order valence-electron chi connectivity index (χ0n) is 9.64. The van der Waals surface area contributed by atoms with Crippen LogP contribution in [0.2, 0.25) is 0 Å². The molecule has 0 bridgehead atoms. The Morgan fingerprint density at radius 1 is 0.750 bits per heavy atom. The van der Waals surface area contributed by atoms with Crippen LogP contribution in [0.5, 0.6) is 0 Å². The Hall–Kier alpha value is -1.56. The Labute approximate surface area is 97.9 Å². The van der Waals surface area contributed by atoms with Gasteiger partial charge in [0.15, 0.2) is 0 Å². The van der Waals surface area contributed by atoms with Crippen molar-refractivity contribution in [3.05, 3.63) is 78.7 Å². The maximum Gasteiger partial charge on any atom is -0.00955 e. The number of hydrogen-bond acceptors (Lipinski definition) is 0. The van der Waals surface area contributed by atoms with Crippen molar-refractivity contribution in [1.82, 2.24) is 0 Å². The van der Waals surface area contributed by atoms with E-state index in [1.807, 2.05) is 6.07 Å². The summed E-state index contributed by atoms with van der Waals surface area (Å²) in [5.74, 6) is 0.757. The molecule has 0 N–H and O–H groups in total. The van der Waals surface area contributed by atoms with Crippen LogP contribution in [-0.4, -0.2) is 0 Å². The van der Waals surface area contributed by atoms with Crippen LogP contribution in [0.15, 0.2) is 60.7 Å². The van der Waals surface area contributed by atoms with Crippen molar-refractivity contribution in [3.8, 4) is 0 Å². The third-order valence-electron chi connectivity index (χ3n) is 3.16. The molecule has 0 amide bonds. The largest absolute Gasteiger partial charge is 0.0622 e. The van der Waals surface area contributed by atoms with Crippen LogP contribution in [0.3, 0.4) is 0 Å². The van der Waals surface area contributed by atoms with Gasteiger partial charge in [0.1, 0.15) is 0 Å². The molecule has 0 fully saturated rings. The molecule has 0 nitrogen and oxygen atoms in total. The lowest BCUT2D eigenvalue weighted by atomic mass is 9.84. The first-order chi connectivity index (χ1) is 7.79. The van der Waals surface area contributed by atoms with Crippen LogP contribution in [0.1, 0.15) is 29.9 Å². The van der Waals surface area contributed by atoms with Gasteiger partial charge in [0.2, 0.25) is 0 Å². The molecule has 0 aromatic heterocycles. The lowest BCUT2D eigenvalue weighted by molar-refractivity contribution is 0.673. The van der Waals surface area contributed by atoms with Crippen molar-refractivity contribution < 1.29 is 0 Å². The summed E-state index contributed by atoms with van der Waals surface area (Å²) in [6.07, 6.45) is 0. The molecular formula is C16H17. The lowest BCUT2D eigenvalue weighted by Crippen LogP contribution is -2.04. The highest BCUT2D eigenvalue weighted by molar-refractivity contribution is 5.28. The van der Waals surface area contributed by atoms with Crippen molar-refractivity contribution in [1.29, 1.82) is 0 Å². The molecule has 0 aliphatic rings. The average molecular weight is 209 g/mol. The molecule has 2 atom stereocenters. The van der Waals surface area contributed by atoms with E-state index in [2.05, 4.69) is 68.4 Å². The zero-order chi connectivity index (χ0) is 11.4. The van der Waals surface area contributed by atoms with E-state index in [0.717, 1.165) is 0 Å². The number of rotatable bonds is 3. The van der Waals surface area contributed by atoms with Gasteiger partial charge in [-0.15, -0.1) is 0 Å². The van der Waals surface area contributed by atoms with Crippen LogP contribution in [0, 0.1) is 6.92 Å². The van der Waals surface area contributed by atoms with Crippen molar-refractivity contribution in [2.75, 3.05) is 0 Å². The van der Waals surface area contributed by atoms with E-state index in [9.17, 15) is 0 Å². The van der Waals surface area contributed by atoms with Crippen LogP contribution >= 0.6 is 0 Å². The van der Waals surface area contributed by atoms with Gasteiger partial charge < -0.3 is 0 Å². The third-order valence-corrected chi connectivity index (χ3v) is 3.16. The fraction of sp³-hybridized carbons (Fsp3) is 0.188. The van der Waals surface area contributed by atoms with Gasteiger partial charge >= 0.3 is 0 Å². The first-order valence-corrected chi connectivity index (χ1v) is 5.72. The average Bonchev–Trinajstić information content (AvgIpc) is 2.39. The van der Waals surface area contributed by atoms with Crippen LogP contribution < -0.4 is 0 Å². The van der Waals surface area contributed by atoms with Gasteiger partial charge in [-0.25, -0.2) is 0 Å². The minimum atomic E-state index is 0.309. The molecule has 0 spiro atoms. The highest BCUT2D eigenvalue weighted by Gasteiger charge is 2.15. The topological polar surface area (TPSA) is 0 Å². The maximum atomic E-state index is 4.28. The highest BCUT2D eigenvalue weighted by Crippen LogP contribution is 2.31. The molecule has 16 heavy (non-hydrogen) atoms. The van der Waals surface area contributed by atoms with Gasteiger partial charge in [0, 0.05) is 0 Å². The fourth-order valence-electron chi connectivity index (χ4n) is 1.98. The molecule has 2 unspecified atom stereocenters. The second-order valence-corrected chi connectivity index (χ2v) is 4.22. The molecule has 0 saturated heterocycles. The second kappa shape index (κ2) is 4.98. The Bertz CT molecular complexity index is 373. The zero-order valence-corrected chi connectivity index (χ0v) is 9.64. The standard InChI is InChI=1S/C16H17/c1-13(15-9-5-3-6-10-15)14(2)16-11-7-4-8-12-16/h3-14H,1H2,2H3. The van der Waals surface area contributed by atoms with E-state index in [-0.39, 0.29) is 0 Å². The van der Waals surface area contributed by atoms with Gasteiger partial charge in [-0.1, -0.05) is 67.6 Å². The second-order valence-electron chi connectivity index (χ2n) is 4.22. The molecule has 0 heteroatoms. The summed E-state index contributed by atoms with van der Waals surface area (Å²) in [5.41, 5.74) is 2.66. The molecule has 81 valence electrons. The summed E-state index contributed by atoms with van der Waals surface area (Å²) in [7, 11) is 0. The van der Waals surface area contributed by atoms with Gasteiger partial charge in [-0.2, -0.15) is 0 Å². The number of benzene rings is 2. The van der Waals surface area contributed by atoms with Crippen molar-refractivity contribution in [2.24, 2.45) is 0 Å². The minimum absolute atomic E-state index is 0.309. The van der Waals surface area contributed by atoms with E-state index < -0.39 is 0 Å². The molecule has 2 aromatic carbocycles. The summed E-state index contributed by atoms with van der Waals surface area (Å²) >= 11 is 0. The normalized spacial score (nSPS) is 14.4. The Balaban J connectivity index is 2.20. The Morgan fingerprint density at radius 2 is 1.19 bits per heavy atom. The van der Waals surface area contributed by atoms with Gasteiger partial charge in [-0.3, -0.25) is 0 Å². The van der Waals surface area contributed by atoms with Crippen LogP contribution in [0.4, 0.5) is 0 Å². The van der Waals surface area contributed by atoms with Crippen LogP contribution in [-0.2, 0) is 0 Å². The Morgan fingerprint density at radius 3 is 1.69 bits per heavy atom. The third kappa shape index (κ3) is 2.33. The molecule has 2 rings (SSSR count). The predicted octanol–water partition coefficient (Wildman–Crippen LogP) is 4.41. The smallest absolute Gasteiger partial charge is 0.00955 e. The molecule has 1 radical (unpaired) electrons. The van der Waals surface area contributed by atoms with E-state index >= 15 is 0 Å². The maximum absolute atomic E-state index is 4.28. The molecule has 0 heterocycles. The van der Waals surface area contributed by atoms with E-state index in [1.165, 1.54) is 11.1 Å². The monoisotopic (exact) mass is 209 g/mol. The summed E-state index contributed by atoms with van der Waals surface area (Å²) in [5, 5.41) is 0. The minimum Gasteiger partial charge on any atom is -0.0622 e. The van der Waals surface area contributed by atoms with E-state index in [0.29, 0.717) is 11.8 Å². The summed E-state index contributed by atoms with van der Waals surface area (Å²) < 4.78 is 0. The molecule has 0 saturated carbocycles. The molecular weight excluding hydrogens is 192 g/mol. The highest BCUT2D eigenvalue weighted by atomic mass is 14.2. The fourth-order valence-corrected chi connectivity index (χ4v) is 1.98.